The van der Waals surface area contributed by atoms with Gasteiger partial charge in [0.1, 0.15) is 17.7 Å². The fraction of sp³-hybridized carbons (Fsp3) is 0.375. The van der Waals surface area contributed by atoms with Crippen molar-refractivity contribution in [1.29, 1.82) is 0 Å². The van der Waals surface area contributed by atoms with E-state index in [0.29, 0.717) is 42.6 Å². The number of rotatable bonds is 5. The third-order valence-electron chi connectivity index (χ3n) is 6.39. The molecule has 0 amide bonds. The van der Waals surface area contributed by atoms with Crippen LogP contribution in [0.2, 0.25) is 0 Å². The van der Waals surface area contributed by atoms with Gasteiger partial charge in [-0.15, -0.1) is 0 Å². The molecule has 5 rings (SSSR count). The van der Waals surface area contributed by atoms with Gasteiger partial charge in [-0.05, 0) is 35.7 Å². The van der Waals surface area contributed by atoms with Crippen molar-refractivity contribution in [3.63, 3.8) is 0 Å². The molecule has 0 saturated carbocycles. The number of phenolic OH excluding ortho intramolecular Hbond substituents is 1. The number of aromatic nitrogens is 3. The Balaban J connectivity index is 1.35. The zero-order chi connectivity index (χ0) is 22.9. The Morgan fingerprint density at radius 2 is 1.97 bits per heavy atom. The summed E-state index contributed by atoms with van der Waals surface area (Å²) in [6.07, 6.45) is 4.46. The van der Waals surface area contributed by atoms with Gasteiger partial charge in [-0.25, -0.2) is 14.4 Å². The molecule has 0 unspecified atom stereocenters. The molecular weight excluding hydrogens is 425 g/mol. The molecule has 1 aromatic carbocycles. The van der Waals surface area contributed by atoms with Crippen LogP contribution in [0.3, 0.4) is 0 Å². The van der Waals surface area contributed by atoms with Crippen LogP contribution in [0.5, 0.6) is 11.6 Å². The second-order valence-corrected chi connectivity index (χ2v) is 8.44. The van der Waals surface area contributed by atoms with Crippen molar-refractivity contribution in [2.75, 3.05) is 32.3 Å². The van der Waals surface area contributed by atoms with E-state index >= 15 is 4.39 Å². The third kappa shape index (κ3) is 4.21. The minimum absolute atomic E-state index is 0.0914. The van der Waals surface area contributed by atoms with Crippen molar-refractivity contribution >= 4 is 5.82 Å². The lowest BCUT2D eigenvalue weighted by molar-refractivity contribution is -0.0175. The quantitative estimate of drug-likeness (QED) is 0.612. The van der Waals surface area contributed by atoms with Crippen molar-refractivity contribution in [2.24, 2.45) is 0 Å². The predicted octanol–water partition coefficient (Wildman–Crippen LogP) is 2.82. The summed E-state index contributed by atoms with van der Waals surface area (Å²) in [5.41, 5.74) is 2.81. The fourth-order valence-electron chi connectivity index (χ4n) is 4.56. The lowest BCUT2D eigenvalue weighted by Crippen LogP contribution is -2.65. The van der Waals surface area contributed by atoms with Gasteiger partial charge < -0.3 is 24.8 Å². The number of halogens is 1. The highest BCUT2D eigenvalue weighted by molar-refractivity contribution is 5.74. The largest absolute Gasteiger partial charge is 0.507 e. The van der Waals surface area contributed by atoms with Gasteiger partial charge in [0, 0.05) is 30.9 Å². The lowest BCUT2D eigenvalue weighted by atomic mass is 9.90. The van der Waals surface area contributed by atoms with Crippen LogP contribution in [0.25, 0.3) is 22.4 Å². The highest BCUT2D eigenvalue weighted by Gasteiger charge is 2.42. The van der Waals surface area contributed by atoms with E-state index in [2.05, 4.69) is 20.3 Å². The van der Waals surface area contributed by atoms with Gasteiger partial charge in [-0.3, -0.25) is 4.98 Å². The SMILES string of the molecule is COc1cc(-c2ccc(-c3cnc(N(C)[C@@H]4C[C@H]5COC[C@H](N5)[C@@H]4F)cn3)c(O)c2)ccn1. The zero-order valence-electron chi connectivity index (χ0n) is 18.5. The van der Waals surface area contributed by atoms with Crippen LogP contribution >= 0.6 is 0 Å². The molecule has 2 saturated heterocycles. The average Bonchev–Trinajstić information content (AvgIpc) is 2.86. The molecule has 2 bridgehead atoms. The topological polar surface area (TPSA) is 92.6 Å². The standard InChI is InChI=1S/C24H26FN5O3/c1-30(20-9-16-12-33-13-19(29-16)24(20)25)22-11-27-18(10-28-22)17-4-3-14(7-21(17)31)15-5-6-26-23(8-15)32-2/h3-8,10-11,16,19-20,24,29,31H,9,12-13H2,1-2H3/t16-,19-,20+,24-/m0/s1. The first-order valence-corrected chi connectivity index (χ1v) is 10.9. The predicted molar refractivity (Wildman–Crippen MR) is 122 cm³/mol. The smallest absolute Gasteiger partial charge is 0.213 e. The van der Waals surface area contributed by atoms with E-state index in [-0.39, 0.29) is 23.9 Å². The second kappa shape index (κ2) is 8.92. The molecule has 0 aliphatic carbocycles. The number of pyridine rings is 1. The number of hydrogen-bond donors (Lipinski definition) is 2. The lowest BCUT2D eigenvalue weighted by Gasteiger charge is -2.45. The van der Waals surface area contributed by atoms with Crippen LogP contribution in [0.4, 0.5) is 10.2 Å². The number of anilines is 1. The first-order valence-electron chi connectivity index (χ1n) is 10.9. The number of hydrogen-bond acceptors (Lipinski definition) is 8. The first kappa shape index (κ1) is 21.5. The molecule has 9 heteroatoms. The average molecular weight is 452 g/mol. The summed E-state index contributed by atoms with van der Waals surface area (Å²) in [6, 6.07) is 8.58. The van der Waals surface area contributed by atoms with Crippen molar-refractivity contribution in [1.82, 2.24) is 20.3 Å². The molecule has 8 nitrogen and oxygen atoms in total. The molecule has 2 fully saturated rings. The van der Waals surface area contributed by atoms with E-state index < -0.39 is 6.17 Å². The van der Waals surface area contributed by atoms with Crippen molar-refractivity contribution in [2.45, 2.75) is 30.7 Å². The normalized spacial score (nSPS) is 24.3. The maximum atomic E-state index is 15.0. The molecular formula is C24H26FN5O3. The van der Waals surface area contributed by atoms with E-state index in [4.69, 9.17) is 9.47 Å². The molecule has 4 heterocycles. The minimum atomic E-state index is -1.06. The number of methoxy groups -OCH3 is 1. The van der Waals surface area contributed by atoms with E-state index in [9.17, 15) is 5.11 Å². The van der Waals surface area contributed by atoms with E-state index in [0.717, 1.165) is 11.1 Å². The van der Waals surface area contributed by atoms with Crippen molar-refractivity contribution < 1.29 is 19.0 Å². The number of piperidine rings is 1. The van der Waals surface area contributed by atoms with E-state index in [1.807, 2.05) is 24.1 Å². The van der Waals surface area contributed by atoms with Crippen LogP contribution in [-0.2, 0) is 4.74 Å². The number of ether oxygens (including phenoxy) is 2. The monoisotopic (exact) mass is 451 g/mol. The molecule has 0 spiro atoms. The molecule has 2 aliphatic heterocycles. The van der Waals surface area contributed by atoms with Crippen LogP contribution in [0.1, 0.15) is 6.42 Å². The number of nitrogens with zero attached hydrogens (tertiary/aromatic N) is 4. The molecule has 4 atom stereocenters. The van der Waals surface area contributed by atoms with Gasteiger partial charge in [0.25, 0.3) is 0 Å². The third-order valence-corrected chi connectivity index (χ3v) is 6.39. The molecule has 0 radical (unpaired) electrons. The van der Waals surface area contributed by atoms with Gasteiger partial charge in [0.2, 0.25) is 5.88 Å². The summed E-state index contributed by atoms with van der Waals surface area (Å²) in [7, 11) is 3.41. The number of fused-ring (bicyclic) bond motifs is 2. The fourth-order valence-corrected chi connectivity index (χ4v) is 4.56. The van der Waals surface area contributed by atoms with Crippen LogP contribution in [0.15, 0.2) is 48.9 Å². The van der Waals surface area contributed by atoms with Gasteiger partial charge >= 0.3 is 0 Å². The maximum absolute atomic E-state index is 15.0. The molecule has 172 valence electrons. The van der Waals surface area contributed by atoms with Crippen LogP contribution < -0.4 is 15.0 Å². The van der Waals surface area contributed by atoms with Crippen molar-refractivity contribution in [3.05, 3.63) is 48.9 Å². The van der Waals surface area contributed by atoms with Gasteiger partial charge in [-0.1, -0.05) is 6.07 Å². The van der Waals surface area contributed by atoms with Gasteiger partial charge in [0.15, 0.2) is 0 Å². The second-order valence-electron chi connectivity index (χ2n) is 8.44. The Morgan fingerprint density at radius 1 is 1.12 bits per heavy atom. The molecule has 2 N–H and O–H groups in total. The van der Waals surface area contributed by atoms with Crippen LogP contribution in [0, 0.1) is 0 Å². The van der Waals surface area contributed by atoms with Crippen molar-refractivity contribution in [3.8, 4) is 34.0 Å². The van der Waals surface area contributed by atoms with Crippen LogP contribution in [-0.4, -0.2) is 71.7 Å². The molecule has 2 aliphatic rings. The highest BCUT2D eigenvalue weighted by atomic mass is 19.1. The van der Waals surface area contributed by atoms with E-state index in [1.165, 1.54) is 0 Å². The summed E-state index contributed by atoms with van der Waals surface area (Å²) in [6.45, 7) is 0.980. The highest BCUT2D eigenvalue weighted by Crippen LogP contribution is 2.34. The number of aromatic hydroxyl groups is 1. The maximum Gasteiger partial charge on any atom is 0.213 e. The Kier molecular flexibility index (Phi) is 5.82. The summed E-state index contributed by atoms with van der Waals surface area (Å²) in [4.78, 5) is 15.0. The molecule has 33 heavy (non-hydrogen) atoms. The van der Waals surface area contributed by atoms with Gasteiger partial charge in [0.05, 0.1) is 50.5 Å². The summed E-state index contributed by atoms with van der Waals surface area (Å²) >= 11 is 0. The minimum Gasteiger partial charge on any atom is -0.507 e. The molecule has 3 aromatic rings. The molecule has 2 aromatic heterocycles. The van der Waals surface area contributed by atoms with E-state index in [1.54, 1.807) is 43.9 Å². The number of morpholine rings is 1. The Labute approximate surface area is 191 Å². The zero-order valence-corrected chi connectivity index (χ0v) is 18.5. The Bertz CT molecular complexity index is 1130. The first-order chi connectivity index (χ1) is 16.0. The Hall–Kier alpha value is -3.30. The number of nitrogens with one attached hydrogen (secondary N) is 1. The summed E-state index contributed by atoms with van der Waals surface area (Å²) in [5, 5.41) is 13.9. The van der Waals surface area contributed by atoms with Gasteiger partial charge in [-0.2, -0.15) is 0 Å². The number of alkyl halides is 1. The number of phenols is 1. The summed E-state index contributed by atoms with van der Waals surface area (Å²) in [5.74, 6) is 1.18. The summed E-state index contributed by atoms with van der Waals surface area (Å²) < 4.78 is 25.7. The Morgan fingerprint density at radius 3 is 2.73 bits per heavy atom. The number of benzene rings is 1.